The highest BCUT2D eigenvalue weighted by Crippen LogP contribution is 2.25. The third-order valence-electron chi connectivity index (χ3n) is 4.20. The van der Waals surface area contributed by atoms with Crippen molar-refractivity contribution in [2.24, 2.45) is 12.0 Å². The standard InChI is InChI=1S/C19H27N7OS/c1-4-20-17(23-13-19(2,27)14-11-24-26(3)12-14)21-9-10-22-18-25-15-7-5-6-8-16(15)28-18/h5-8,11-12,27H,4,9-10,13H2,1-3H3,(H,22,25)(H2,20,21,23). The number of benzene rings is 1. The lowest BCUT2D eigenvalue weighted by molar-refractivity contribution is 0.0672. The molecule has 8 nitrogen and oxygen atoms in total. The Kier molecular flexibility index (Phi) is 6.48. The number of aryl methyl sites for hydroxylation is 1. The molecule has 2 heterocycles. The van der Waals surface area contributed by atoms with Gasteiger partial charge in [-0.2, -0.15) is 5.10 Å². The summed E-state index contributed by atoms with van der Waals surface area (Å²) in [6.07, 6.45) is 3.47. The number of anilines is 1. The largest absolute Gasteiger partial charge is 0.383 e. The van der Waals surface area contributed by atoms with Crippen LogP contribution in [0.4, 0.5) is 5.13 Å². The molecule has 0 saturated heterocycles. The number of hydrogen-bond donors (Lipinski definition) is 4. The molecular formula is C19H27N7OS. The van der Waals surface area contributed by atoms with Gasteiger partial charge in [-0.15, -0.1) is 0 Å². The molecule has 3 aromatic rings. The topological polar surface area (TPSA) is 99.4 Å². The Labute approximate surface area is 168 Å². The fourth-order valence-corrected chi connectivity index (χ4v) is 3.55. The van der Waals surface area contributed by atoms with Crippen molar-refractivity contribution < 1.29 is 5.11 Å². The molecule has 3 rings (SSSR count). The Morgan fingerprint density at radius 2 is 2.11 bits per heavy atom. The lowest BCUT2D eigenvalue weighted by atomic mass is 10.0. The Morgan fingerprint density at radius 1 is 1.29 bits per heavy atom. The average molecular weight is 402 g/mol. The van der Waals surface area contributed by atoms with Gasteiger partial charge in [-0.25, -0.2) is 9.98 Å². The Bertz CT molecular complexity index is 898. The number of fused-ring (bicyclic) bond motifs is 1. The van der Waals surface area contributed by atoms with Crippen LogP contribution in [-0.2, 0) is 12.6 Å². The molecule has 0 aliphatic carbocycles. The highest BCUT2D eigenvalue weighted by atomic mass is 32.1. The van der Waals surface area contributed by atoms with Gasteiger partial charge in [-0.05, 0) is 26.0 Å². The van der Waals surface area contributed by atoms with Crippen molar-refractivity contribution in [2.45, 2.75) is 19.4 Å². The molecule has 1 unspecified atom stereocenters. The second kappa shape index (κ2) is 9.03. The number of guanidine groups is 1. The first kappa shape index (κ1) is 20.1. The van der Waals surface area contributed by atoms with Crippen LogP contribution in [0.25, 0.3) is 10.2 Å². The third kappa shape index (κ3) is 5.20. The molecule has 0 spiro atoms. The first-order valence-electron chi connectivity index (χ1n) is 9.31. The third-order valence-corrected chi connectivity index (χ3v) is 5.20. The second-order valence-corrected chi connectivity index (χ2v) is 7.74. The minimum Gasteiger partial charge on any atom is -0.383 e. The molecule has 0 aliphatic rings. The molecule has 0 amide bonds. The number of para-hydroxylation sites is 1. The number of nitrogens with zero attached hydrogens (tertiary/aromatic N) is 4. The molecule has 28 heavy (non-hydrogen) atoms. The Balaban J connectivity index is 1.51. The molecule has 0 fully saturated rings. The van der Waals surface area contributed by atoms with E-state index in [0.717, 1.165) is 22.8 Å². The maximum atomic E-state index is 10.7. The summed E-state index contributed by atoms with van der Waals surface area (Å²) in [6, 6.07) is 8.10. The fraction of sp³-hybridized carbons (Fsp3) is 0.421. The van der Waals surface area contributed by atoms with Crippen LogP contribution in [0.5, 0.6) is 0 Å². The summed E-state index contributed by atoms with van der Waals surface area (Å²) in [5, 5.41) is 25.5. The molecule has 2 aromatic heterocycles. The molecule has 0 bridgehead atoms. The average Bonchev–Trinajstić information content (AvgIpc) is 3.29. The quantitative estimate of drug-likeness (QED) is 0.261. The lowest BCUT2D eigenvalue weighted by Gasteiger charge is -2.20. The SMILES string of the molecule is CCNC(=NCC(C)(O)c1cnn(C)c1)NCCNc1nc2ccccc2s1. The predicted molar refractivity (Wildman–Crippen MR) is 115 cm³/mol. The van der Waals surface area contributed by atoms with E-state index < -0.39 is 5.60 Å². The van der Waals surface area contributed by atoms with Crippen LogP contribution >= 0.6 is 11.3 Å². The second-order valence-electron chi connectivity index (χ2n) is 6.71. The molecule has 9 heteroatoms. The van der Waals surface area contributed by atoms with E-state index in [-0.39, 0.29) is 6.54 Å². The summed E-state index contributed by atoms with van der Waals surface area (Å²) < 4.78 is 2.84. The van der Waals surface area contributed by atoms with Gasteiger partial charge in [-0.1, -0.05) is 23.5 Å². The molecule has 0 saturated carbocycles. The molecule has 1 atom stereocenters. The predicted octanol–water partition coefficient (Wildman–Crippen LogP) is 1.90. The van der Waals surface area contributed by atoms with Crippen molar-refractivity contribution in [3.63, 3.8) is 0 Å². The first-order valence-corrected chi connectivity index (χ1v) is 10.1. The van der Waals surface area contributed by atoms with Crippen LogP contribution in [0.1, 0.15) is 19.4 Å². The maximum absolute atomic E-state index is 10.7. The van der Waals surface area contributed by atoms with Crippen molar-refractivity contribution in [3.05, 3.63) is 42.2 Å². The minimum atomic E-state index is -1.07. The van der Waals surface area contributed by atoms with Crippen LogP contribution < -0.4 is 16.0 Å². The van der Waals surface area contributed by atoms with Crippen molar-refractivity contribution in [2.75, 3.05) is 31.5 Å². The van der Waals surface area contributed by atoms with E-state index in [1.807, 2.05) is 32.2 Å². The summed E-state index contributed by atoms with van der Waals surface area (Å²) in [4.78, 5) is 9.08. The summed E-state index contributed by atoms with van der Waals surface area (Å²) in [5.74, 6) is 0.665. The molecule has 0 radical (unpaired) electrons. The first-order chi connectivity index (χ1) is 13.5. The lowest BCUT2D eigenvalue weighted by Crippen LogP contribution is -2.40. The van der Waals surface area contributed by atoms with E-state index in [0.29, 0.717) is 19.0 Å². The van der Waals surface area contributed by atoms with Gasteiger partial charge in [-0.3, -0.25) is 4.68 Å². The van der Waals surface area contributed by atoms with Gasteiger partial charge in [0, 0.05) is 38.4 Å². The molecule has 1 aromatic carbocycles. The molecule has 4 N–H and O–H groups in total. The highest BCUT2D eigenvalue weighted by Gasteiger charge is 2.24. The molecule has 150 valence electrons. The number of aromatic nitrogens is 3. The number of thiazole rings is 1. The van der Waals surface area contributed by atoms with E-state index in [1.165, 1.54) is 4.70 Å². The summed E-state index contributed by atoms with van der Waals surface area (Å²) in [5.41, 5.74) is 0.679. The maximum Gasteiger partial charge on any atom is 0.191 e. The zero-order chi connectivity index (χ0) is 20.0. The van der Waals surface area contributed by atoms with Crippen molar-refractivity contribution in [1.82, 2.24) is 25.4 Å². The fourth-order valence-electron chi connectivity index (χ4n) is 2.66. The van der Waals surface area contributed by atoms with Crippen LogP contribution in [0.2, 0.25) is 0 Å². The minimum absolute atomic E-state index is 0.235. The van der Waals surface area contributed by atoms with E-state index in [9.17, 15) is 5.11 Å². The zero-order valence-electron chi connectivity index (χ0n) is 16.4. The van der Waals surface area contributed by atoms with Gasteiger partial charge in [0.05, 0.1) is 23.0 Å². The number of hydrogen-bond acceptors (Lipinski definition) is 6. The highest BCUT2D eigenvalue weighted by molar-refractivity contribution is 7.22. The van der Waals surface area contributed by atoms with Gasteiger partial charge < -0.3 is 21.1 Å². The molecular weight excluding hydrogens is 374 g/mol. The number of rotatable bonds is 8. The van der Waals surface area contributed by atoms with Gasteiger partial charge in [0.25, 0.3) is 0 Å². The van der Waals surface area contributed by atoms with Gasteiger partial charge >= 0.3 is 0 Å². The van der Waals surface area contributed by atoms with Crippen molar-refractivity contribution in [1.29, 1.82) is 0 Å². The Morgan fingerprint density at radius 3 is 2.82 bits per heavy atom. The van der Waals surface area contributed by atoms with Gasteiger partial charge in [0.2, 0.25) is 0 Å². The van der Waals surface area contributed by atoms with E-state index >= 15 is 0 Å². The number of nitrogens with one attached hydrogen (secondary N) is 3. The van der Waals surface area contributed by atoms with Crippen LogP contribution in [0, 0.1) is 0 Å². The summed E-state index contributed by atoms with van der Waals surface area (Å²) in [7, 11) is 1.83. The van der Waals surface area contributed by atoms with Crippen LogP contribution in [0.3, 0.4) is 0 Å². The normalized spacial score (nSPS) is 14.1. The van der Waals surface area contributed by atoms with Gasteiger partial charge in [0.15, 0.2) is 11.1 Å². The van der Waals surface area contributed by atoms with E-state index in [4.69, 9.17) is 0 Å². The van der Waals surface area contributed by atoms with Crippen LogP contribution in [0.15, 0.2) is 41.7 Å². The van der Waals surface area contributed by atoms with Crippen LogP contribution in [-0.4, -0.2) is 52.0 Å². The smallest absolute Gasteiger partial charge is 0.191 e. The van der Waals surface area contributed by atoms with Gasteiger partial charge in [0.1, 0.15) is 5.60 Å². The van der Waals surface area contributed by atoms with E-state index in [2.05, 4.69) is 37.1 Å². The summed E-state index contributed by atoms with van der Waals surface area (Å²) in [6.45, 7) is 6.12. The number of aliphatic imine (C=N–C) groups is 1. The zero-order valence-corrected chi connectivity index (χ0v) is 17.3. The molecule has 0 aliphatic heterocycles. The summed E-state index contributed by atoms with van der Waals surface area (Å²) >= 11 is 1.64. The van der Waals surface area contributed by atoms with Crippen molar-refractivity contribution in [3.8, 4) is 0 Å². The Hall–Kier alpha value is -2.65. The van der Waals surface area contributed by atoms with Crippen molar-refractivity contribution >= 4 is 32.6 Å². The van der Waals surface area contributed by atoms with E-state index in [1.54, 1.807) is 35.3 Å². The monoisotopic (exact) mass is 401 g/mol. The number of aliphatic hydroxyl groups is 1.